The number of halogens is 4. The van der Waals surface area contributed by atoms with Crippen molar-refractivity contribution >= 4 is 23.4 Å². The van der Waals surface area contributed by atoms with Gasteiger partial charge in [-0.3, -0.25) is 4.79 Å². The minimum absolute atomic E-state index is 0.0767. The Morgan fingerprint density at radius 3 is 2.21 bits per heavy atom. The third kappa shape index (κ3) is 3.57. The van der Waals surface area contributed by atoms with Crippen molar-refractivity contribution in [3.63, 3.8) is 0 Å². The summed E-state index contributed by atoms with van der Waals surface area (Å²) in [4.78, 5) is 25.0. The molecular weight excluding hydrogens is 397 g/mol. The molecule has 5 nitrogen and oxygen atoms in total. The summed E-state index contributed by atoms with van der Waals surface area (Å²) >= 11 is 5.78. The fraction of sp³-hybridized carbons (Fsp3) is 0.263. The van der Waals surface area contributed by atoms with Gasteiger partial charge in [0.05, 0.1) is 6.04 Å². The van der Waals surface area contributed by atoms with Crippen LogP contribution in [-0.2, 0) is 0 Å². The van der Waals surface area contributed by atoms with E-state index in [4.69, 9.17) is 11.6 Å². The third-order valence-corrected chi connectivity index (χ3v) is 4.91. The molecule has 2 aromatic carbocycles. The minimum atomic E-state index is -5.29. The summed E-state index contributed by atoms with van der Waals surface area (Å²) in [6.07, 6.45) is -5.29. The number of Topliss-reactive ketones (excluding diaryl/α,β-unsaturated/α-hetero) is 1. The SMILES string of the molecule is Cc1ccc([C@@H]2NC(=O)N[C@@](O)(C(F)(F)F)[C@H]2C(=O)c2ccc(Cl)cc2)cc1. The van der Waals surface area contributed by atoms with Gasteiger partial charge in [-0.15, -0.1) is 0 Å². The minimum Gasteiger partial charge on any atom is -0.363 e. The Hall–Kier alpha value is -2.58. The molecule has 1 aliphatic rings. The predicted molar refractivity (Wildman–Crippen MR) is 95.9 cm³/mol. The number of hydrogen-bond acceptors (Lipinski definition) is 3. The molecule has 0 aromatic heterocycles. The fourth-order valence-electron chi connectivity index (χ4n) is 3.18. The van der Waals surface area contributed by atoms with Crippen LogP contribution in [0.1, 0.15) is 27.5 Å². The van der Waals surface area contributed by atoms with Crippen molar-refractivity contribution in [1.82, 2.24) is 10.6 Å². The first-order valence-electron chi connectivity index (χ1n) is 8.27. The molecule has 0 unspecified atom stereocenters. The van der Waals surface area contributed by atoms with Gasteiger partial charge in [0.1, 0.15) is 5.92 Å². The molecule has 1 saturated heterocycles. The standard InChI is InChI=1S/C19H16ClF3N2O3/c1-10-2-4-11(5-3-10)15-14(16(26)12-6-8-13(20)9-7-12)18(28,19(21,22)23)25-17(27)24-15/h2-9,14-15,28H,1H3,(H2,24,25,27)/t14-,15+,18+/m1/s1. The lowest BCUT2D eigenvalue weighted by molar-refractivity contribution is -0.287. The second-order valence-electron chi connectivity index (χ2n) is 6.60. The van der Waals surface area contributed by atoms with Gasteiger partial charge < -0.3 is 15.7 Å². The van der Waals surface area contributed by atoms with Crippen LogP contribution in [0.3, 0.4) is 0 Å². The highest BCUT2D eigenvalue weighted by Gasteiger charge is 2.66. The maximum Gasteiger partial charge on any atom is 0.437 e. The van der Waals surface area contributed by atoms with Crippen molar-refractivity contribution in [2.75, 3.05) is 0 Å². The lowest BCUT2D eigenvalue weighted by Gasteiger charge is -2.45. The van der Waals surface area contributed by atoms with Gasteiger partial charge in [0.2, 0.25) is 5.72 Å². The molecule has 1 aliphatic heterocycles. The average molecular weight is 413 g/mol. The van der Waals surface area contributed by atoms with Gasteiger partial charge in [0, 0.05) is 10.6 Å². The van der Waals surface area contributed by atoms with E-state index in [1.165, 1.54) is 41.7 Å². The molecule has 0 saturated carbocycles. The maximum absolute atomic E-state index is 13.8. The average Bonchev–Trinajstić information content (AvgIpc) is 2.61. The van der Waals surface area contributed by atoms with Crippen LogP contribution >= 0.6 is 11.6 Å². The van der Waals surface area contributed by atoms with Crippen LogP contribution in [-0.4, -0.2) is 28.8 Å². The molecule has 148 valence electrons. The smallest absolute Gasteiger partial charge is 0.363 e. The van der Waals surface area contributed by atoms with Gasteiger partial charge in [0.25, 0.3) is 0 Å². The molecule has 0 bridgehead atoms. The number of rotatable bonds is 3. The van der Waals surface area contributed by atoms with Gasteiger partial charge in [-0.05, 0) is 36.8 Å². The fourth-order valence-corrected chi connectivity index (χ4v) is 3.31. The third-order valence-electron chi connectivity index (χ3n) is 4.65. The van der Waals surface area contributed by atoms with Gasteiger partial charge in [0.15, 0.2) is 5.78 Å². The number of nitrogens with one attached hydrogen (secondary N) is 2. The largest absolute Gasteiger partial charge is 0.437 e. The number of benzene rings is 2. The summed E-state index contributed by atoms with van der Waals surface area (Å²) in [6, 6.07) is 8.91. The number of aryl methyl sites for hydroxylation is 1. The maximum atomic E-state index is 13.8. The molecule has 28 heavy (non-hydrogen) atoms. The van der Waals surface area contributed by atoms with Gasteiger partial charge in [-0.1, -0.05) is 41.4 Å². The highest BCUT2D eigenvalue weighted by atomic mass is 35.5. The molecule has 0 radical (unpaired) electrons. The summed E-state index contributed by atoms with van der Waals surface area (Å²) in [5.41, 5.74) is -2.72. The van der Waals surface area contributed by atoms with Crippen LogP contribution < -0.4 is 10.6 Å². The molecule has 1 fully saturated rings. The highest BCUT2D eigenvalue weighted by Crippen LogP contribution is 2.44. The molecule has 2 aromatic rings. The van der Waals surface area contributed by atoms with Crippen LogP contribution in [0.4, 0.5) is 18.0 Å². The van der Waals surface area contributed by atoms with Crippen LogP contribution in [0.15, 0.2) is 48.5 Å². The first kappa shape index (κ1) is 20.2. The van der Waals surface area contributed by atoms with E-state index in [9.17, 15) is 27.9 Å². The number of ketones is 1. The Kier molecular flexibility index (Phi) is 5.12. The van der Waals surface area contributed by atoms with E-state index in [2.05, 4.69) is 5.32 Å². The molecule has 3 atom stereocenters. The Bertz CT molecular complexity index is 900. The zero-order valence-corrected chi connectivity index (χ0v) is 15.3. The molecular formula is C19H16ClF3N2O3. The van der Waals surface area contributed by atoms with Crippen LogP contribution in [0.5, 0.6) is 0 Å². The summed E-state index contributed by atoms with van der Waals surface area (Å²) in [5, 5.41) is 14.6. The van der Waals surface area contributed by atoms with E-state index in [-0.39, 0.29) is 11.1 Å². The van der Waals surface area contributed by atoms with Crippen LogP contribution in [0.2, 0.25) is 5.02 Å². The van der Waals surface area contributed by atoms with Crippen LogP contribution in [0.25, 0.3) is 0 Å². The molecule has 9 heteroatoms. The van der Waals surface area contributed by atoms with Crippen LogP contribution in [0, 0.1) is 12.8 Å². The van der Waals surface area contributed by atoms with Crippen molar-refractivity contribution in [2.45, 2.75) is 24.9 Å². The Balaban J connectivity index is 2.15. The van der Waals surface area contributed by atoms with Gasteiger partial charge in [-0.25, -0.2) is 4.79 Å². The monoisotopic (exact) mass is 412 g/mol. The predicted octanol–water partition coefficient (Wildman–Crippen LogP) is 3.75. The zero-order valence-electron chi connectivity index (χ0n) is 14.5. The summed E-state index contributed by atoms with van der Waals surface area (Å²) < 4.78 is 41.3. The molecule has 0 spiro atoms. The Morgan fingerprint density at radius 1 is 1.11 bits per heavy atom. The molecule has 2 amide bonds. The number of urea groups is 1. The molecule has 1 heterocycles. The van der Waals surface area contributed by atoms with Crippen molar-refractivity contribution in [2.24, 2.45) is 5.92 Å². The van der Waals surface area contributed by atoms with E-state index in [1.807, 2.05) is 0 Å². The van der Waals surface area contributed by atoms with E-state index in [1.54, 1.807) is 19.1 Å². The number of aliphatic hydroxyl groups is 1. The summed E-state index contributed by atoms with van der Waals surface area (Å²) in [5.74, 6) is -3.05. The summed E-state index contributed by atoms with van der Waals surface area (Å²) in [7, 11) is 0. The van der Waals surface area contributed by atoms with Crippen molar-refractivity contribution < 1.29 is 27.9 Å². The second-order valence-corrected chi connectivity index (χ2v) is 7.04. The highest BCUT2D eigenvalue weighted by molar-refractivity contribution is 6.30. The van der Waals surface area contributed by atoms with E-state index >= 15 is 0 Å². The Labute approximate surface area is 163 Å². The Morgan fingerprint density at radius 2 is 1.68 bits per heavy atom. The van der Waals surface area contributed by atoms with Gasteiger partial charge in [-0.2, -0.15) is 13.2 Å². The van der Waals surface area contributed by atoms with Crippen molar-refractivity contribution in [1.29, 1.82) is 0 Å². The number of carbonyl (C=O) groups is 2. The molecule has 0 aliphatic carbocycles. The first-order chi connectivity index (χ1) is 13.0. The van der Waals surface area contributed by atoms with Crippen molar-refractivity contribution in [3.05, 3.63) is 70.2 Å². The van der Waals surface area contributed by atoms with Gasteiger partial charge >= 0.3 is 12.2 Å². The molecule has 3 rings (SSSR count). The zero-order chi connectivity index (χ0) is 20.7. The first-order valence-corrected chi connectivity index (χ1v) is 8.65. The second kappa shape index (κ2) is 7.10. The number of amides is 2. The number of alkyl halides is 3. The number of hydrogen-bond donors (Lipinski definition) is 3. The lowest BCUT2D eigenvalue weighted by atomic mass is 9.77. The topological polar surface area (TPSA) is 78.4 Å². The van der Waals surface area contributed by atoms with Crippen molar-refractivity contribution in [3.8, 4) is 0 Å². The summed E-state index contributed by atoms with van der Waals surface area (Å²) in [6.45, 7) is 1.78. The quantitative estimate of drug-likeness (QED) is 0.672. The van der Waals surface area contributed by atoms with E-state index in [0.29, 0.717) is 5.02 Å². The number of carbonyl (C=O) groups excluding carboxylic acids is 2. The van der Waals surface area contributed by atoms with E-state index in [0.717, 1.165) is 5.56 Å². The van der Waals surface area contributed by atoms with E-state index < -0.39 is 35.7 Å². The molecule has 3 N–H and O–H groups in total. The normalized spacial score (nSPS) is 25.0. The lowest BCUT2D eigenvalue weighted by Crippen LogP contribution is -2.72.